The van der Waals surface area contributed by atoms with Gasteiger partial charge in [-0.05, 0) is 30.3 Å². The molecule has 0 bridgehead atoms. The van der Waals surface area contributed by atoms with Gasteiger partial charge in [-0.1, -0.05) is 35.3 Å². The number of anilines is 2. The molecule has 2 amide bonds. The topological polar surface area (TPSA) is 70.6 Å². The smallest absolute Gasteiger partial charge is 0.308 e. The number of nitrogens with one attached hydrogen (secondary N) is 2. The van der Waals surface area contributed by atoms with Crippen molar-refractivity contribution in [3.8, 4) is 0 Å². The summed E-state index contributed by atoms with van der Waals surface area (Å²) >= 11 is 11.8. The summed E-state index contributed by atoms with van der Waals surface area (Å²) in [5.74, 6) is 0. The van der Waals surface area contributed by atoms with E-state index in [9.17, 15) is 9.59 Å². The number of halogens is 2. The lowest BCUT2D eigenvalue weighted by molar-refractivity contribution is 0.262. The summed E-state index contributed by atoms with van der Waals surface area (Å²) in [6.45, 7) is 0. The molecule has 0 saturated heterocycles. The molecule has 5 nitrogen and oxygen atoms in total. The van der Waals surface area contributed by atoms with Crippen molar-refractivity contribution in [3.05, 3.63) is 52.5 Å². The van der Waals surface area contributed by atoms with Crippen LogP contribution in [0.5, 0.6) is 0 Å². The van der Waals surface area contributed by atoms with E-state index in [1.165, 1.54) is 18.2 Å². The van der Waals surface area contributed by atoms with Crippen LogP contribution in [0.1, 0.15) is 0 Å². The SMILES string of the molecule is O=C=Nc1cc(NC(=O)Nc2ccccc2Cl)ccc1Cl. The number of isocyanates is 1. The molecule has 7 heteroatoms. The minimum Gasteiger partial charge on any atom is -0.308 e. The molecule has 0 aromatic heterocycles. The lowest BCUT2D eigenvalue weighted by Crippen LogP contribution is -2.19. The maximum atomic E-state index is 11.9. The Balaban J connectivity index is 2.11. The lowest BCUT2D eigenvalue weighted by atomic mass is 10.3. The molecule has 106 valence electrons. The first-order valence-electron chi connectivity index (χ1n) is 5.80. The van der Waals surface area contributed by atoms with E-state index in [0.29, 0.717) is 16.4 Å². The Hall–Kier alpha value is -2.33. The Morgan fingerprint density at radius 1 is 1.05 bits per heavy atom. The zero-order valence-electron chi connectivity index (χ0n) is 10.6. The molecule has 0 radical (unpaired) electrons. The fourth-order valence-corrected chi connectivity index (χ4v) is 1.92. The van der Waals surface area contributed by atoms with Crippen LogP contribution in [-0.4, -0.2) is 12.1 Å². The Morgan fingerprint density at radius 3 is 2.52 bits per heavy atom. The van der Waals surface area contributed by atoms with Crippen LogP contribution in [0.15, 0.2) is 47.5 Å². The first-order valence-corrected chi connectivity index (χ1v) is 6.55. The highest BCUT2D eigenvalue weighted by Crippen LogP contribution is 2.28. The highest BCUT2D eigenvalue weighted by molar-refractivity contribution is 6.34. The molecule has 2 rings (SSSR count). The first kappa shape index (κ1) is 15.1. The molecule has 0 aliphatic carbocycles. The summed E-state index contributed by atoms with van der Waals surface area (Å²) in [6.07, 6.45) is 1.40. The number of amides is 2. The van der Waals surface area contributed by atoms with E-state index in [1.807, 2.05) is 0 Å². The van der Waals surface area contributed by atoms with Gasteiger partial charge in [-0.15, -0.1) is 0 Å². The Kier molecular flexibility index (Phi) is 4.95. The average Bonchev–Trinajstić information content (AvgIpc) is 2.45. The van der Waals surface area contributed by atoms with Crippen molar-refractivity contribution in [3.63, 3.8) is 0 Å². The quantitative estimate of drug-likeness (QED) is 0.640. The molecule has 0 aliphatic rings. The number of hydrogen-bond acceptors (Lipinski definition) is 3. The second kappa shape index (κ2) is 6.90. The summed E-state index contributed by atoms with van der Waals surface area (Å²) < 4.78 is 0. The molecular formula is C14H9Cl2N3O2. The van der Waals surface area contributed by atoms with E-state index in [-0.39, 0.29) is 10.7 Å². The fraction of sp³-hybridized carbons (Fsp3) is 0. The zero-order valence-corrected chi connectivity index (χ0v) is 12.1. The monoisotopic (exact) mass is 321 g/mol. The number of rotatable bonds is 3. The standard InChI is InChI=1S/C14H9Cl2N3O2/c15-10-3-1-2-4-12(10)19-14(21)18-9-5-6-11(16)13(7-9)17-8-20/h1-7H,(H2,18,19,21). The minimum atomic E-state index is -0.480. The predicted octanol–water partition coefficient (Wildman–Crippen LogP) is 4.60. The van der Waals surface area contributed by atoms with Crippen molar-refractivity contribution in [1.29, 1.82) is 0 Å². The number of hydrogen-bond donors (Lipinski definition) is 2. The highest BCUT2D eigenvalue weighted by atomic mass is 35.5. The summed E-state index contributed by atoms with van der Waals surface area (Å²) in [5.41, 5.74) is 1.14. The van der Waals surface area contributed by atoms with Gasteiger partial charge in [0.05, 0.1) is 21.4 Å². The van der Waals surface area contributed by atoms with Crippen LogP contribution in [0.4, 0.5) is 21.9 Å². The summed E-state index contributed by atoms with van der Waals surface area (Å²) in [4.78, 5) is 25.6. The van der Waals surface area contributed by atoms with Crippen LogP contribution in [0.25, 0.3) is 0 Å². The molecule has 0 unspecified atom stereocenters. The van der Waals surface area contributed by atoms with Gasteiger partial charge in [-0.25, -0.2) is 9.59 Å². The van der Waals surface area contributed by atoms with Crippen LogP contribution in [0.2, 0.25) is 10.0 Å². The molecule has 0 heterocycles. The maximum absolute atomic E-state index is 11.9. The van der Waals surface area contributed by atoms with Crippen molar-refractivity contribution in [2.24, 2.45) is 4.99 Å². The largest absolute Gasteiger partial charge is 0.323 e. The molecular weight excluding hydrogens is 313 g/mol. The average molecular weight is 322 g/mol. The van der Waals surface area contributed by atoms with Gasteiger partial charge in [0.15, 0.2) is 0 Å². The van der Waals surface area contributed by atoms with Crippen molar-refractivity contribution in [2.45, 2.75) is 0 Å². The van der Waals surface area contributed by atoms with Crippen molar-refractivity contribution in [1.82, 2.24) is 0 Å². The normalized spacial score (nSPS) is 9.62. The molecule has 2 aromatic carbocycles. The fourth-order valence-electron chi connectivity index (χ4n) is 1.57. The van der Waals surface area contributed by atoms with Crippen LogP contribution in [0.3, 0.4) is 0 Å². The highest BCUT2D eigenvalue weighted by Gasteiger charge is 2.07. The van der Waals surface area contributed by atoms with Gasteiger partial charge in [0.2, 0.25) is 6.08 Å². The van der Waals surface area contributed by atoms with Crippen LogP contribution in [-0.2, 0) is 4.79 Å². The third-order valence-corrected chi connectivity index (χ3v) is 3.14. The van der Waals surface area contributed by atoms with Gasteiger partial charge in [-0.2, -0.15) is 4.99 Å². The van der Waals surface area contributed by atoms with Gasteiger partial charge in [0.1, 0.15) is 0 Å². The van der Waals surface area contributed by atoms with Gasteiger partial charge < -0.3 is 10.6 Å². The number of nitrogens with zero attached hydrogens (tertiary/aromatic N) is 1. The number of carbonyl (C=O) groups is 1. The number of benzene rings is 2. The molecule has 21 heavy (non-hydrogen) atoms. The van der Waals surface area contributed by atoms with Crippen LogP contribution in [0, 0.1) is 0 Å². The van der Waals surface area contributed by atoms with E-state index in [0.717, 1.165) is 0 Å². The van der Waals surface area contributed by atoms with E-state index in [1.54, 1.807) is 30.3 Å². The maximum Gasteiger partial charge on any atom is 0.323 e. The van der Waals surface area contributed by atoms with Crippen LogP contribution >= 0.6 is 23.2 Å². The number of urea groups is 1. The van der Waals surface area contributed by atoms with E-state index >= 15 is 0 Å². The molecule has 0 atom stereocenters. The van der Waals surface area contributed by atoms with Gasteiger partial charge in [-0.3, -0.25) is 0 Å². The number of para-hydroxylation sites is 1. The summed E-state index contributed by atoms with van der Waals surface area (Å²) in [6, 6.07) is 10.9. The van der Waals surface area contributed by atoms with Gasteiger partial charge in [0.25, 0.3) is 0 Å². The van der Waals surface area contributed by atoms with Crippen molar-refractivity contribution in [2.75, 3.05) is 10.6 Å². The minimum absolute atomic E-state index is 0.224. The molecule has 0 fully saturated rings. The zero-order chi connectivity index (χ0) is 15.2. The second-order valence-corrected chi connectivity index (χ2v) is 4.74. The number of carbonyl (C=O) groups excluding carboxylic acids is 2. The Bertz CT molecular complexity index is 728. The molecule has 2 N–H and O–H groups in total. The van der Waals surface area contributed by atoms with E-state index in [2.05, 4.69) is 15.6 Å². The Morgan fingerprint density at radius 2 is 1.81 bits per heavy atom. The molecule has 0 saturated carbocycles. The molecule has 0 aliphatic heterocycles. The Labute approximate surface area is 130 Å². The summed E-state index contributed by atoms with van der Waals surface area (Å²) in [7, 11) is 0. The second-order valence-electron chi connectivity index (χ2n) is 3.93. The number of aliphatic imine (C=N–C) groups is 1. The van der Waals surface area contributed by atoms with Crippen LogP contribution < -0.4 is 10.6 Å². The van der Waals surface area contributed by atoms with Gasteiger partial charge >= 0.3 is 6.03 Å². The van der Waals surface area contributed by atoms with E-state index < -0.39 is 6.03 Å². The van der Waals surface area contributed by atoms with Crippen molar-refractivity contribution < 1.29 is 9.59 Å². The molecule has 2 aromatic rings. The molecule has 0 spiro atoms. The van der Waals surface area contributed by atoms with E-state index in [4.69, 9.17) is 23.2 Å². The first-order chi connectivity index (χ1) is 10.1. The summed E-state index contributed by atoms with van der Waals surface area (Å²) in [5, 5.41) is 5.90. The predicted molar refractivity (Wildman–Crippen MR) is 83.3 cm³/mol. The lowest BCUT2D eigenvalue weighted by Gasteiger charge is -2.09. The third-order valence-electron chi connectivity index (χ3n) is 2.49. The van der Waals surface area contributed by atoms with Gasteiger partial charge in [0, 0.05) is 5.69 Å². The third kappa shape index (κ3) is 4.07. The van der Waals surface area contributed by atoms with Crippen molar-refractivity contribution >= 4 is 52.4 Å².